The molecule has 1 heterocycles. The SMILES string of the molecule is Cc1cccc(C)c1NC(=O)C[C@H]1SC(=Nc2ccccc2)NC1=O. The van der Waals surface area contributed by atoms with E-state index < -0.39 is 5.25 Å². The Hall–Kier alpha value is -2.60. The number of amidine groups is 1. The Labute approximate surface area is 150 Å². The Balaban J connectivity index is 1.64. The van der Waals surface area contributed by atoms with Crippen molar-refractivity contribution in [3.63, 3.8) is 0 Å². The summed E-state index contributed by atoms with van der Waals surface area (Å²) in [5.74, 6) is -0.359. The number of rotatable bonds is 4. The molecule has 0 spiro atoms. The summed E-state index contributed by atoms with van der Waals surface area (Å²) >= 11 is 1.29. The zero-order valence-corrected chi connectivity index (χ0v) is 14.9. The van der Waals surface area contributed by atoms with Crippen LogP contribution in [0.5, 0.6) is 0 Å². The summed E-state index contributed by atoms with van der Waals surface area (Å²) in [4.78, 5) is 28.8. The van der Waals surface area contributed by atoms with Gasteiger partial charge in [-0.15, -0.1) is 0 Å². The second-order valence-electron chi connectivity index (χ2n) is 5.87. The Bertz CT molecular complexity index is 814. The first-order chi connectivity index (χ1) is 12.0. The summed E-state index contributed by atoms with van der Waals surface area (Å²) in [6.45, 7) is 3.90. The topological polar surface area (TPSA) is 70.6 Å². The van der Waals surface area contributed by atoms with E-state index in [0.717, 1.165) is 22.5 Å². The van der Waals surface area contributed by atoms with Gasteiger partial charge in [-0.05, 0) is 37.1 Å². The quantitative estimate of drug-likeness (QED) is 0.883. The van der Waals surface area contributed by atoms with Crippen molar-refractivity contribution in [1.29, 1.82) is 0 Å². The number of nitrogens with zero attached hydrogens (tertiary/aromatic N) is 1. The van der Waals surface area contributed by atoms with E-state index in [1.54, 1.807) is 0 Å². The van der Waals surface area contributed by atoms with Crippen LogP contribution in [0.15, 0.2) is 53.5 Å². The lowest BCUT2D eigenvalue weighted by molar-refractivity contribution is -0.122. The van der Waals surface area contributed by atoms with Crippen LogP contribution in [-0.2, 0) is 9.59 Å². The maximum absolute atomic E-state index is 12.3. The lowest BCUT2D eigenvalue weighted by atomic mass is 10.1. The third-order valence-corrected chi connectivity index (χ3v) is 4.96. The second kappa shape index (κ2) is 7.53. The Morgan fingerprint density at radius 2 is 1.80 bits per heavy atom. The molecule has 1 fully saturated rings. The van der Waals surface area contributed by atoms with Gasteiger partial charge in [0.2, 0.25) is 11.8 Å². The van der Waals surface area contributed by atoms with Crippen LogP contribution in [0.1, 0.15) is 17.5 Å². The number of amides is 2. The van der Waals surface area contributed by atoms with Gasteiger partial charge in [0.25, 0.3) is 0 Å². The second-order valence-corrected chi connectivity index (χ2v) is 7.06. The fourth-order valence-electron chi connectivity index (χ4n) is 2.58. The van der Waals surface area contributed by atoms with E-state index in [2.05, 4.69) is 15.6 Å². The van der Waals surface area contributed by atoms with Crippen LogP contribution >= 0.6 is 11.8 Å². The van der Waals surface area contributed by atoms with Gasteiger partial charge in [-0.2, -0.15) is 0 Å². The molecule has 6 heteroatoms. The fourth-order valence-corrected chi connectivity index (χ4v) is 3.57. The molecule has 1 aliphatic rings. The molecular weight excluding hydrogens is 334 g/mol. The number of hydrogen-bond acceptors (Lipinski definition) is 4. The Morgan fingerprint density at radius 1 is 1.12 bits per heavy atom. The van der Waals surface area contributed by atoms with E-state index in [9.17, 15) is 9.59 Å². The van der Waals surface area contributed by atoms with Crippen LogP contribution in [-0.4, -0.2) is 22.2 Å². The summed E-state index contributed by atoms with van der Waals surface area (Å²) in [7, 11) is 0. The number of nitrogens with one attached hydrogen (secondary N) is 2. The predicted octanol–water partition coefficient (Wildman–Crippen LogP) is 3.55. The van der Waals surface area contributed by atoms with E-state index in [1.165, 1.54) is 11.8 Å². The molecule has 0 saturated carbocycles. The van der Waals surface area contributed by atoms with Crippen molar-refractivity contribution in [3.8, 4) is 0 Å². The minimum absolute atomic E-state index is 0.109. The molecule has 0 unspecified atom stereocenters. The average Bonchev–Trinajstić information content (AvgIpc) is 2.91. The van der Waals surface area contributed by atoms with E-state index >= 15 is 0 Å². The first kappa shape index (κ1) is 17.2. The molecule has 1 atom stereocenters. The highest BCUT2D eigenvalue weighted by Crippen LogP contribution is 2.26. The largest absolute Gasteiger partial charge is 0.326 e. The molecule has 3 rings (SSSR count). The van der Waals surface area contributed by atoms with Gasteiger partial charge in [-0.3, -0.25) is 9.59 Å². The number of benzene rings is 2. The van der Waals surface area contributed by atoms with Gasteiger partial charge in [0, 0.05) is 12.1 Å². The molecule has 0 radical (unpaired) electrons. The third-order valence-electron chi connectivity index (χ3n) is 3.88. The van der Waals surface area contributed by atoms with Gasteiger partial charge in [0.1, 0.15) is 5.25 Å². The molecule has 0 aromatic heterocycles. The highest BCUT2D eigenvalue weighted by atomic mass is 32.2. The van der Waals surface area contributed by atoms with E-state index in [-0.39, 0.29) is 18.2 Å². The van der Waals surface area contributed by atoms with Crippen molar-refractivity contribution in [3.05, 3.63) is 59.7 Å². The lowest BCUT2D eigenvalue weighted by Gasteiger charge is -2.12. The van der Waals surface area contributed by atoms with Crippen molar-refractivity contribution in [2.24, 2.45) is 4.99 Å². The van der Waals surface area contributed by atoms with Crippen molar-refractivity contribution in [2.45, 2.75) is 25.5 Å². The van der Waals surface area contributed by atoms with Gasteiger partial charge >= 0.3 is 0 Å². The normalized spacial score (nSPS) is 18.2. The minimum Gasteiger partial charge on any atom is -0.326 e. The summed E-state index contributed by atoms with van der Waals surface area (Å²) in [6.07, 6.45) is 0.109. The van der Waals surface area contributed by atoms with Crippen LogP contribution in [0.3, 0.4) is 0 Å². The molecular formula is C19H19N3O2S. The molecule has 2 aromatic rings. The molecule has 5 nitrogen and oxygen atoms in total. The first-order valence-corrected chi connectivity index (χ1v) is 8.88. The zero-order valence-electron chi connectivity index (χ0n) is 14.1. The smallest absolute Gasteiger partial charge is 0.240 e. The van der Waals surface area contributed by atoms with Gasteiger partial charge in [-0.25, -0.2) is 4.99 Å². The Kier molecular flexibility index (Phi) is 5.19. The van der Waals surface area contributed by atoms with Gasteiger partial charge < -0.3 is 10.6 Å². The molecule has 2 amide bonds. The third kappa shape index (κ3) is 4.28. The number of carbonyl (C=O) groups is 2. The predicted molar refractivity (Wildman–Crippen MR) is 102 cm³/mol. The number of aryl methyl sites for hydroxylation is 2. The van der Waals surface area contributed by atoms with Crippen LogP contribution in [0.2, 0.25) is 0 Å². The van der Waals surface area contributed by atoms with Gasteiger partial charge in [0.05, 0.1) is 5.69 Å². The number of aliphatic imine (C=N–C) groups is 1. The highest BCUT2D eigenvalue weighted by molar-refractivity contribution is 8.15. The highest BCUT2D eigenvalue weighted by Gasteiger charge is 2.32. The van der Waals surface area contributed by atoms with E-state index in [1.807, 2.05) is 62.4 Å². The molecule has 1 saturated heterocycles. The fraction of sp³-hybridized carbons (Fsp3) is 0.211. The summed E-state index contributed by atoms with van der Waals surface area (Å²) < 4.78 is 0. The number of thioether (sulfide) groups is 1. The molecule has 128 valence electrons. The number of anilines is 1. The maximum atomic E-state index is 12.3. The summed E-state index contributed by atoms with van der Waals surface area (Å²) in [5, 5.41) is 5.72. The van der Waals surface area contributed by atoms with Crippen molar-refractivity contribution in [2.75, 3.05) is 5.32 Å². The number of para-hydroxylation sites is 2. The van der Waals surface area contributed by atoms with Gasteiger partial charge in [-0.1, -0.05) is 48.2 Å². The van der Waals surface area contributed by atoms with Crippen LogP contribution < -0.4 is 10.6 Å². The molecule has 0 bridgehead atoms. The minimum atomic E-state index is -0.466. The van der Waals surface area contributed by atoms with Crippen molar-refractivity contribution >= 4 is 40.1 Å². The molecule has 2 aromatic carbocycles. The summed E-state index contributed by atoms with van der Waals surface area (Å²) in [5.41, 5.74) is 3.59. The van der Waals surface area contributed by atoms with Crippen molar-refractivity contribution < 1.29 is 9.59 Å². The van der Waals surface area contributed by atoms with Gasteiger partial charge in [0.15, 0.2) is 5.17 Å². The molecule has 2 N–H and O–H groups in total. The Morgan fingerprint density at radius 3 is 2.48 bits per heavy atom. The van der Waals surface area contributed by atoms with E-state index in [4.69, 9.17) is 0 Å². The summed E-state index contributed by atoms with van der Waals surface area (Å²) in [6, 6.07) is 15.3. The monoisotopic (exact) mass is 353 g/mol. The number of hydrogen-bond donors (Lipinski definition) is 2. The van der Waals surface area contributed by atoms with Crippen LogP contribution in [0, 0.1) is 13.8 Å². The average molecular weight is 353 g/mol. The molecule has 25 heavy (non-hydrogen) atoms. The molecule has 0 aliphatic carbocycles. The van der Waals surface area contributed by atoms with Crippen LogP contribution in [0.25, 0.3) is 0 Å². The van der Waals surface area contributed by atoms with Crippen LogP contribution in [0.4, 0.5) is 11.4 Å². The van der Waals surface area contributed by atoms with E-state index in [0.29, 0.717) is 5.17 Å². The lowest BCUT2D eigenvalue weighted by Crippen LogP contribution is -2.28. The standard InChI is InChI=1S/C19H19N3O2S/c1-12-7-6-8-13(2)17(12)21-16(23)11-15-18(24)22-19(25-15)20-14-9-4-3-5-10-14/h3-10,15H,11H2,1-2H3,(H,21,23)(H,20,22,24)/t15-/m1/s1. The maximum Gasteiger partial charge on any atom is 0.240 e. The molecule has 1 aliphatic heterocycles. The van der Waals surface area contributed by atoms with Crippen molar-refractivity contribution in [1.82, 2.24) is 5.32 Å². The zero-order chi connectivity index (χ0) is 17.8. The number of carbonyl (C=O) groups excluding carboxylic acids is 2. The first-order valence-electron chi connectivity index (χ1n) is 8.00.